The molecule has 0 aliphatic heterocycles. The molecule has 168 valence electrons. The number of rotatable bonds is 11. The van der Waals surface area contributed by atoms with E-state index in [-0.39, 0.29) is 11.9 Å². The summed E-state index contributed by atoms with van der Waals surface area (Å²) in [6.07, 6.45) is 13.4. The van der Waals surface area contributed by atoms with Crippen molar-refractivity contribution in [2.24, 2.45) is 0 Å². The highest BCUT2D eigenvalue weighted by Crippen LogP contribution is 2.33. The van der Waals surface area contributed by atoms with Gasteiger partial charge in [-0.1, -0.05) is 43.7 Å². The standard InChI is InChI=1S/C28H34N2O2/c1-4-5-13-24-23(19-27(32-3)26-15-7-6-14-25(24)26)16-17-28(31)30-21(2)10-8-11-22-12-9-18-29-20-22/h6-7,9,12,14-21H,4-5,8,10-11,13H2,1-3H3,(H,30,31)/b17-16+/t21-/m1/s1. The fraction of sp³-hybridized carbons (Fsp3) is 0.357. The maximum Gasteiger partial charge on any atom is 0.244 e. The molecule has 0 unspecified atom stereocenters. The van der Waals surface area contributed by atoms with Crippen molar-refractivity contribution in [1.29, 1.82) is 0 Å². The molecule has 1 heterocycles. The third-order valence-corrected chi connectivity index (χ3v) is 5.78. The number of carbonyl (C=O) groups is 1. The van der Waals surface area contributed by atoms with Gasteiger partial charge in [0.15, 0.2) is 0 Å². The lowest BCUT2D eigenvalue weighted by molar-refractivity contribution is -0.117. The number of unbranched alkanes of at least 4 members (excludes halogenated alkanes) is 1. The predicted molar refractivity (Wildman–Crippen MR) is 133 cm³/mol. The van der Waals surface area contributed by atoms with Crippen LogP contribution in [0.15, 0.2) is 60.9 Å². The highest BCUT2D eigenvalue weighted by atomic mass is 16.5. The third-order valence-electron chi connectivity index (χ3n) is 5.78. The van der Waals surface area contributed by atoms with Crippen molar-refractivity contribution in [3.63, 3.8) is 0 Å². The Balaban J connectivity index is 1.67. The molecule has 4 nitrogen and oxygen atoms in total. The number of benzene rings is 2. The molecular weight excluding hydrogens is 396 g/mol. The Morgan fingerprint density at radius 1 is 1.12 bits per heavy atom. The van der Waals surface area contributed by atoms with Crippen LogP contribution in [0.4, 0.5) is 0 Å². The average molecular weight is 431 g/mol. The van der Waals surface area contributed by atoms with Gasteiger partial charge in [0.05, 0.1) is 7.11 Å². The summed E-state index contributed by atoms with van der Waals surface area (Å²) in [5, 5.41) is 5.41. The van der Waals surface area contributed by atoms with E-state index in [4.69, 9.17) is 4.74 Å². The van der Waals surface area contributed by atoms with Crippen molar-refractivity contribution in [1.82, 2.24) is 10.3 Å². The lowest BCUT2D eigenvalue weighted by atomic mass is 9.94. The molecule has 0 radical (unpaired) electrons. The average Bonchev–Trinajstić information content (AvgIpc) is 2.82. The first-order valence-corrected chi connectivity index (χ1v) is 11.6. The summed E-state index contributed by atoms with van der Waals surface area (Å²) in [6.45, 7) is 4.26. The zero-order chi connectivity index (χ0) is 22.8. The number of amides is 1. The van der Waals surface area contributed by atoms with Gasteiger partial charge in [-0.2, -0.15) is 0 Å². The van der Waals surface area contributed by atoms with Crippen LogP contribution in [0.1, 0.15) is 56.2 Å². The number of nitrogens with zero attached hydrogens (tertiary/aromatic N) is 1. The van der Waals surface area contributed by atoms with Crippen molar-refractivity contribution >= 4 is 22.8 Å². The van der Waals surface area contributed by atoms with E-state index in [1.54, 1.807) is 19.4 Å². The molecule has 3 aromatic rings. The second-order valence-corrected chi connectivity index (χ2v) is 8.29. The van der Waals surface area contributed by atoms with Gasteiger partial charge in [-0.05, 0) is 79.3 Å². The largest absolute Gasteiger partial charge is 0.496 e. The molecular formula is C28H34N2O2. The SMILES string of the molecule is CCCCc1c(/C=C/C(=O)N[C@H](C)CCCc2cccnc2)cc(OC)c2ccccc12. The molecule has 0 spiro atoms. The van der Waals surface area contributed by atoms with Crippen LogP contribution in [0.3, 0.4) is 0 Å². The van der Waals surface area contributed by atoms with Crippen molar-refractivity contribution in [3.8, 4) is 5.75 Å². The molecule has 3 rings (SSSR count). The Bertz CT molecular complexity index is 1040. The van der Waals surface area contributed by atoms with E-state index >= 15 is 0 Å². The van der Waals surface area contributed by atoms with E-state index in [0.29, 0.717) is 0 Å². The van der Waals surface area contributed by atoms with Crippen LogP contribution in [-0.4, -0.2) is 24.0 Å². The van der Waals surface area contributed by atoms with Crippen molar-refractivity contribution < 1.29 is 9.53 Å². The van der Waals surface area contributed by atoms with E-state index in [1.807, 2.05) is 24.4 Å². The number of fused-ring (bicyclic) bond motifs is 1. The Morgan fingerprint density at radius 2 is 1.94 bits per heavy atom. The molecule has 4 heteroatoms. The number of hydrogen-bond acceptors (Lipinski definition) is 3. The van der Waals surface area contributed by atoms with E-state index in [2.05, 4.69) is 54.5 Å². The zero-order valence-corrected chi connectivity index (χ0v) is 19.4. The number of aromatic nitrogens is 1. The summed E-state index contributed by atoms with van der Waals surface area (Å²) in [4.78, 5) is 16.7. The van der Waals surface area contributed by atoms with Gasteiger partial charge >= 0.3 is 0 Å². The first kappa shape index (κ1) is 23.5. The minimum Gasteiger partial charge on any atom is -0.496 e. The Labute approximate surface area is 191 Å². The summed E-state index contributed by atoms with van der Waals surface area (Å²) in [6, 6.07) is 14.6. The summed E-state index contributed by atoms with van der Waals surface area (Å²) in [7, 11) is 1.70. The van der Waals surface area contributed by atoms with Gasteiger partial charge in [-0.15, -0.1) is 0 Å². The number of aryl methyl sites for hydroxylation is 2. The van der Waals surface area contributed by atoms with E-state index in [1.165, 1.54) is 16.5 Å². The molecule has 1 N–H and O–H groups in total. The molecule has 0 saturated carbocycles. The minimum absolute atomic E-state index is 0.0626. The normalized spacial score (nSPS) is 12.2. The van der Waals surface area contributed by atoms with Crippen molar-refractivity contribution in [2.75, 3.05) is 7.11 Å². The van der Waals surface area contributed by atoms with E-state index in [0.717, 1.165) is 55.2 Å². The number of hydrogen-bond donors (Lipinski definition) is 1. The monoisotopic (exact) mass is 430 g/mol. The smallest absolute Gasteiger partial charge is 0.244 e. The lowest BCUT2D eigenvalue weighted by Gasteiger charge is -2.15. The van der Waals surface area contributed by atoms with Crippen LogP contribution in [0.25, 0.3) is 16.8 Å². The molecule has 1 aromatic heterocycles. The van der Waals surface area contributed by atoms with Gasteiger partial charge in [0.1, 0.15) is 5.75 Å². The van der Waals surface area contributed by atoms with Gasteiger partial charge in [-0.25, -0.2) is 0 Å². The second kappa shape index (κ2) is 12.0. The third kappa shape index (κ3) is 6.43. The topological polar surface area (TPSA) is 51.2 Å². The summed E-state index contributed by atoms with van der Waals surface area (Å²) >= 11 is 0. The number of ether oxygens (including phenoxy) is 1. The molecule has 0 fully saturated rings. The zero-order valence-electron chi connectivity index (χ0n) is 19.4. The quantitative estimate of drug-likeness (QED) is 0.373. The summed E-state index contributed by atoms with van der Waals surface area (Å²) in [5.74, 6) is 0.775. The van der Waals surface area contributed by atoms with E-state index < -0.39 is 0 Å². The predicted octanol–water partition coefficient (Wildman–Crippen LogP) is 6.13. The minimum atomic E-state index is -0.0626. The maximum absolute atomic E-state index is 12.6. The molecule has 0 aliphatic rings. The van der Waals surface area contributed by atoms with Gasteiger partial charge in [0.25, 0.3) is 0 Å². The molecule has 1 amide bonds. The van der Waals surface area contributed by atoms with Crippen molar-refractivity contribution in [3.05, 3.63) is 77.6 Å². The number of methoxy groups -OCH3 is 1. The highest BCUT2D eigenvalue weighted by Gasteiger charge is 2.11. The first-order chi connectivity index (χ1) is 15.6. The fourth-order valence-electron chi connectivity index (χ4n) is 4.06. The molecule has 0 aliphatic carbocycles. The van der Waals surface area contributed by atoms with Crippen LogP contribution in [0, 0.1) is 0 Å². The number of carbonyl (C=O) groups excluding carboxylic acids is 1. The Hall–Kier alpha value is -3.14. The lowest BCUT2D eigenvalue weighted by Crippen LogP contribution is -2.31. The Kier molecular flexibility index (Phi) is 8.85. The van der Waals surface area contributed by atoms with Gasteiger partial charge in [-0.3, -0.25) is 9.78 Å². The van der Waals surface area contributed by atoms with Crippen LogP contribution in [-0.2, 0) is 17.6 Å². The number of pyridine rings is 1. The van der Waals surface area contributed by atoms with E-state index in [9.17, 15) is 4.79 Å². The Morgan fingerprint density at radius 3 is 2.66 bits per heavy atom. The number of nitrogens with one attached hydrogen (secondary N) is 1. The van der Waals surface area contributed by atoms with Crippen molar-refractivity contribution in [2.45, 2.75) is 58.4 Å². The molecule has 2 aromatic carbocycles. The van der Waals surface area contributed by atoms with Crippen LogP contribution >= 0.6 is 0 Å². The first-order valence-electron chi connectivity index (χ1n) is 11.6. The molecule has 0 bridgehead atoms. The molecule has 32 heavy (non-hydrogen) atoms. The van der Waals surface area contributed by atoms with Gasteiger partial charge in [0.2, 0.25) is 5.91 Å². The summed E-state index contributed by atoms with van der Waals surface area (Å²) < 4.78 is 5.64. The van der Waals surface area contributed by atoms with Crippen LogP contribution < -0.4 is 10.1 Å². The summed E-state index contributed by atoms with van der Waals surface area (Å²) in [5.41, 5.74) is 3.56. The maximum atomic E-state index is 12.6. The van der Waals surface area contributed by atoms with Gasteiger partial charge in [0, 0.05) is 29.9 Å². The second-order valence-electron chi connectivity index (χ2n) is 8.29. The molecule has 0 saturated heterocycles. The molecule has 1 atom stereocenters. The van der Waals surface area contributed by atoms with Crippen LogP contribution in [0.5, 0.6) is 5.75 Å². The highest BCUT2D eigenvalue weighted by molar-refractivity contribution is 5.96. The fourth-order valence-corrected chi connectivity index (χ4v) is 4.06. The van der Waals surface area contributed by atoms with Crippen LogP contribution in [0.2, 0.25) is 0 Å². The van der Waals surface area contributed by atoms with Gasteiger partial charge < -0.3 is 10.1 Å².